The Balaban J connectivity index is 1.69. The quantitative estimate of drug-likeness (QED) is 0.273. The molecule has 8 nitrogen and oxygen atoms in total. The second-order valence-electron chi connectivity index (χ2n) is 7.65. The van der Waals surface area contributed by atoms with Crippen LogP contribution >= 0.6 is 34.8 Å². The molecule has 0 radical (unpaired) electrons. The molecule has 0 aliphatic carbocycles. The first kappa shape index (κ1) is 25.4. The fourth-order valence-corrected chi connectivity index (χ4v) is 4.16. The maximum atomic E-state index is 13.2. The molecule has 1 aromatic heterocycles. The van der Waals surface area contributed by atoms with Crippen molar-refractivity contribution in [3.63, 3.8) is 0 Å². The summed E-state index contributed by atoms with van der Waals surface area (Å²) in [5.74, 6) is -2.19. The summed E-state index contributed by atoms with van der Waals surface area (Å²) in [6.45, 7) is 1.71. The van der Waals surface area contributed by atoms with Gasteiger partial charge in [0.1, 0.15) is 17.0 Å². The predicted octanol–water partition coefficient (Wildman–Crippen LogP) is 5.88. The number of para-hydroxylation sites is 1. The molecule has 0 bridgehead atoms. The van der Waals surface area contributed by atoms with Crippen molar-refractivity contribution in [3.8, 4) is 5.75 Å². The molecule has 4 aromatic rings. The van der Waals surface area contributed by atoms with E-state index in [0.717, 1.165) is 0 Å². The van der Waals surface area contributed by atoms with Crippen LogP contribution in [0.3, 0.4) is 0 Å². The number of carbonyl (C=O) groups excluding carboxylic acids is 3. The van der Waals surface area contributed by atoms with E-state index in [1.807, 2.05) is 0 Å². The monoisotopic (exact) mass is 544 g/mol. The van der Waals surface area contributed by atoms with Crippen LogP contribution in [0.2, 0.25) is 15.1 Å². The molecule has 0 spiro atoms. The molecular formula is C25H19Cl3N4O4. The summed E-state index contributed by atoms with van der Waals surface area (Å²) in [7, 11) is 1.45. The Labute approximate surface area is 221 Å². The van der Waals surface area contributed by atoms with Gasteiger partial charge in [-0.25, -0.2) is 4.68 Å². The summed E-state index contributed by atoms with van der Waals surface area (Å²) in [4.78, 5) is 38.8. The van der Waals surface area contributed by atoms with E-state index in [1.54, 1.807) is 61.5 Å². The number of nitrogens with one attached hydrogen (secondary N) is 3. The van der Waals surface area contributed by atoms with Crippen molar-refractivity contribution in [3.05, 3.63) is 87.0 Å². The van der Waals surface area contributed by atoms with Crippen molar-refractivity contribution < 1.29 is 19.1 Å². The van der Waals surface area contributed by atoms with Crippen LogP contribution in [0.4, 0.5) is 11.4 Å². The largest absolute Gasteiger partial charge is 0.494 e. The number of ether oxygens (including phenoxy) is 1. The molecule has 36 heavy (non-hydrogen) atoms. The molecule has 0 atom stereocenters. The lowest BCUT2D eigenvalue weighted by atomic mass is 10.2. The fourth-order valence-electron chi connectivity index (χ4n) is 3.53. The van der Waals surface area contributed by atoms with Gasteiger partial charge in [0.15, 0.2) is 0 Å². The van der Waals surface area contributed by atoms with Crippen LogP contribution in [0.15, 0.2) is 60.7 Å². The Morgan fingerprint density at radius 3 is 2.31 bits per heavy atom. The van der Waals surface area contributed by atoms with Gasteiger partial charge in [0.05, 0.1) is 17.8 Å². The van der Waals surface area contributed by atoms with Crippen molar-refractivity contribution in [2.24, 2.45) is 0 Å². The minimum Gasteiger partial charge on any atom is -0.494 e. The molecule has 1 heterocycles. The number of hydrogen-bond acceptors (Lipinski definition) is 4. The molecule has 0 aliphatic heterocycles. The van der Waals surface area contributed by atoms with Crippen molar-refractivity contribution in [1.29, 1.82) is 0 Å². The number of carbonyl (C=O) groups is 3. The molecule has 0 fully saturated rings. The summed E-state index contributed by atoms with van der Waals surface area (Å²) < 4.78 is 6.62. The van der Waals surface area contributed by atoms with Crippen LogP contribution in [-0.4, -0.2) is 29.5 Å². The lowest BCUT2D eigenvalue weighted by Crippen LogP contribution is -2.36. The van der Waals surface area contributed by atoms with Crippen LogP contribution in [0.5, 0.6) is 5.75 Å². The first-order valence-corrected chi connectivity index (χ1v) is 11.6. The summed E-state index contributed by atoms with van der Waals surface area (Å²) in [5.41, 5.74) is 4.20. The van der Waals surface area contributed by atoms with Gasteiger partial charge in [-0.1, -0.05) is 53.0 Å². The van der Waals surface area contributed by atoms with E-state index in [4.69, 9.17) is 39.5 Å². The summed E-state index contributed by atoms with van der Waals surface area (Å²) in [5, 5.41) is 6.89. The minimum absolute atomic E-state index is 0.0283. The predicted molar refractivity (Wildman–Crippen MR) is 142 cm³/mol. The minimum atomic E-state index is -1.02. The maximum absolute atomic E-state index is 13.2. The van der Waals surface area contributed by atoms with Gasteiger partial charge in [-0.05, 0) is 55.0 Å². The molecule has 0 saturated heterocycles. The number of fused-ring (bicyclic) bond motifs is 1. The first-order valence-electron chi connectivity index (χ1n) is 10.5. The third-order valence-corrected chi connectivity index (χ3v) is 6.31. The van der Waals surface area contributed by atoms with Gasteiger partial charge in [-0.2, -0.15) is 0 Å². The highest BCUT2D eigenvalue weighted by Crippen LogP contribution is 2.30. The third kappa shape index (κ3) is 5.11. The fraction of sp³-hybridized carbons (Fsp3) is 0.0800. The number of benzene rings is 3. The van der Waals surface area contributed by atoms with Gasteiger partial charge in [-0.3, -0.25) is 19.8 Å². The van der Waals surface area contributed by atoms with Gasteiger partial charge in [0.25, 0.3) is 5.91 Å². The number of amides is 3. The Morgan fingerprint density at radius 2 is 1.58 bits per heavy atom. The van der Waals surface area contributed by atoms with Gasteiger partial charge in [-0.15, -0.1) is 0 Å². The summed E-state index contributed by atoms with van der Waals surface area (Å²) >= 11 is 18.2. The van der Waals surface area contributed by atoms with Gasteiger partial charge in [0.2, 0.25) is 0 Å². The van der Waals surface area contributed by atoms with E-state index in [2.05, 4.69) is 16.1 Å². The number of methoxy groups -OCH3 is 1. The molecule has 0 aliphatic rings. The summed E-state index contributed by atoms with van der Waals surface area (Å²) in [6, 6.07) is 16.2. The van der Waals surface area contributed by atoms with Crippen molar-refractivity contribution in [2.45, 2.75) is 6.92 Å². The highest BCUT2D eigenvalue weighted by atomic mass is 35.5. The van der Waals surface area contributed by atoms with Crippen LogP contribution < -0.4 is 20.8 Å². The zero-order valence-corrected chi connectivity index (χ0v) is 21.3. The normalized spacial score (nSPS) is 10.7. The average Bonchev–Trinajstić information content (AvgIpc) is 3.22. The molecule has 4 rings (SSSR count). The number of nitrogens with zero attached hydrogens (tertiary/aromatic N) is 1. The van der Waals surface area contributed by atoms with E-state index in [0.29, 0.717) is 43.6 Å². The Hall–Kier alpha value is -3.72. The second-order valence-corrected chi connectivity index (χ2v) is 8.90. The highest BCUT2D eigenvalue weighted by Gasteiger charge is 2.23. The van der Waals surface area contributed by atoms with Crippen LogP contribution in [0.1, 0.15) is 16.1 Å². The number of rotatable bonds is 5. The molecule has 3 aromatic carbocycles. The van der Waals surface area contributed by atoms with Crippen molar-refractivity contribution in [2.75, 3.05) is 23.2 Å². The zero-order valence-electron chi connectivity index (χ0n) is 19.0. The highest BCUT2D eigenvalue weighted by molar-refractivity contribution is 6.43. The third-order valence-electron chi connectivity index (χ3n) is 5.35. The lowest BCUT2D eigenvalue weighted by molar-refractivity contribution is -0.133. The maximum Gasteiger partial charge on any atom is 0.328 e. The average molecular weight is 546 g/mol. The van der Waals surface area contributed by atoms with Gasteiger partial charge >= 0.3 is 11.8 Å². The SMILES string of the molecule is COc1cccc2cc(C(=O)Nc3ccc(Cl)cc3Cl)n(NC(=O)C(=O)Nc3cccc(Cl)c3C)c12. The number of hydrogen-bond donors (Lipinski definition) is 3. The van der Waals surface area contributed by atoms with Gasteiger partial charge < -0.3 is 15.4 Å². The Kier molecular flexibility index (Phi) is 7.40. The van der Waals surface area contributed by atoms with E-state index >= 15 is 0 Å². The van der Waals surface area contributed by atoms with Crippen LogP contribution in [0, 0.1) is 6.92 Å². The summed E-state index contributed by atoms with van der Waals surface area (Å²) in [6.07, 6.45) is 0. The van der Waals surface area contributed by atoms with E-state index in [-0.39, 0.29) is 10.7 Å². The van der Waals surface area contributed by atoms with E-state index < -0.39 is 17.7 Å². The molecular weight excluding hydrogens is 527 g/mol. The Bertz CT molecular complexity index is 1520. The van der Waals surface area contributed by atoms with E-state index in [1.165, 1.54) is 17.9 Å². The van der Waals surface area contributed by atoms with Crippen LogP contribution in [-0.2, 0) is 9.59 Å². The molecule has 0 unspecified atom stereocenters. The first-order chi connectivity index (χ1) is 17.2. The van der Waals surface area contributed by atoms with Gasteiger partial charge in [0, 0.05) is 21.1 Å². The molecule has 3 amide bonds. The number of anilines is 2. The smallest absolute Gasteiger partial charge is 0.328 e. The number of halogens is 3. The topological polar surface area (TPSA) is 101 Å². The molecule has 3 N–H and O–H groups in total. The molecule has 184 valence electrons. The van der Waals surface area contributed by atoms with Crippen LogP contribution in [0.25, 0.3) is 10.9 Å². The van der Waals surface area contributed by atoms with E-state index in [9.17, 15) is 14.4 Å². The van der Waals surface area contributed by atoms with Crippen molar-refractivity contribution >= 4 is 74.8 Å². The molecule has 0 saturated carbocycles. The van der Waals surface area contributed by atoms with Crippen molar-refractivity contribution in [1.82, 2.24) is 4.68 Å². The molecule has 11 heteroatoms. The number of aromatic nitrogens is 1. The standard InChI is InChI=1S/C25H19Cl3N4O4/c1-13-16(27)6-4-7-18(13)29-24(34)25(35)31-32-20(11-14-5-3-8-21(36-2)22(14)32)23(33)30-19-10-9-15(26)12-17(19)28/h3-12H,1-2H3,(H,29,34)(H,30,33)(H,31,35). The second kappa shape index (κ2) is 10.5. The zero-order chi connectivity index (χ0) is 26.0. The Morgan fingerprint density at radius 1 is 0.833 bits per heavy atom. The lowest BCUT2D eigenvalue weighted by Gasteiger charge is -2.15.